The number of rotatable bonds is 11. The van der Waals surface area contributed by atoms with Gasteiger partial charge in [0.15, 0.2) is 0 Å². The van der Waals surface area contributed by atoms with Crippen molar-refractivity contribution >= 4 is 21.6 Å². The predicted molar refractivity (Wildman–Crippen MR) is 127 cm³/mol. The van der Waals surface area contributed by atoms with E-state index in [-0.39, 0.29) is 29.2 Å². The molecule has 8 heteroatoms. The molecular formula is C24H34N2O5S. The van der Waals surface area contributed by atoms with Gasteiger partial charge in [0.2, 0.25) is 5.91 Å². The number of nitrogens with zero attached hydrogens (tertiary/aromatic N) is 1. The third-order valence-corrected chi connectivity index (χ3v) is 6.84. The first kappa shape index (κ1) is 25.7. The van der Waals surface area contributed by atoms with E-state index < -0.39 is 10.0 Å². The van der Waals surface area contributed by atoms with Gasteiger partial charge in [-0.15, -0.1) is 0 Å². The van der Waals surface area contributed by atoms with Crippen molar-refractivity contribution in [3.8, 4) is 5.75 Å². The molecule has 0 aromatic heterocycles. The zero-order valence-corrected chi connectivity index (χ0v) is 20.6. The van der Waals surface area contributed by atoms with Gasteiger partial charge in [-0.2, -0.15) is 0 Å². The Morgan fingerprint density at radius 1 is 1.06 bits per heavy atom. The van der Waals surface area contributed by atoms with Crippen LogP contribution in [0.15, 0.2) is 41.3 Å². The van der Waals surface area contributed by atoms with E-state index in [4.69, 9.17) is 9.47 Å². The molecule has 0 unspecified atom stereocenters. The number of sulfonamides is 1. The first-order chi connectivity index (χ1) is 15.1. The Labute approximate surface area is 191 Å². The second-order valence-electron chi connectivity index (χ2n) is 8.06. The standard InChI is InChI=1S/C24H34N2O5S/c1-17(2)31-13-7-12-25-24(27)16-26(21-10-9-19(4)20(5)15-21)32(28,29)23-14-18(3)8-11-22(23)30-6/h8-11,14-15,17H,7,12-13,16H2,1-6H3,(H,25,27). The lowest BCUT2D eigenvalue weighted by Gasteiger charge is -2.26. The van der Waals surface area contributed by atoms with Gasteiger partial charge in [-0.05, 0) is 82.0 Å². The van der Waals surface area contributed by atoms with Crippen molar-refractivity contribution in [2.75, 3.05) is 31.1 Å². The summed E-state index contributed by atoms with van der Waals surface area (Å²) in [6.07, 6.45) is 0.770. The molecule has 2 rings (SSSR count). The number of carbonyl (C=O) groups excluding carboxylic acids is 1. The highest BCUT2D eigenvalue weighted by atomic mass is 32.2. The molecule has 0 radical (unpaired) electrons. The van der Waals surface area contributed by atoms with Crippen molar-refractivity contribution < 1.29 is 22.7 Å². The Kier molecular flexibility index (Phi) is 9.09. The van der Waals surface area contributed by atoms with Crippen LogP contribution in [0.5, 0.6) is 5.75 Å². The molecule has 2 aromatic carbocycles. The van der Waals surface area contributed by atoms with Crippen LogP contribution < -0.4 is 14.4 Å². The van der Waals surface area contributed by atoms with E-state index in [9.17, 15) is 13.2 Å². The van der Waals surface area contributed by atoms with Crippen molar-refractivity contribution in [2.45, 2.75) is 52.0 Å². The minimum absolute atomic E-state index is 0.0244. The molecule has 176 valence electrons. The third kappa shape index (κ3) is 6.71. The molecule has 0 saturated carbocycles. The van der Waals surface area contributed by atoms with Crippen LogP contribution in [-0.2, 0) is 19.6 Å². The molecule has 0 fully saturated rings. The topological polar surface area (TPSA) is 84.9 Å². The second-order valence-corrected chi connectivity index (χ2v) is 9.89. The number of benzene rings is 2. The highest BCUT2D eigenvalue weighted by Crippen LogP contribution is 2.31. The maximum absolute atomic E-state index is 13.7. The molecule has 0 aliphatic carbocycles. The Morgan fingerprint density at radius 3 is 2.41 bits per heavy atom. The minimum atomic E-state index is -4.07. The minimum Gasteiger partial charge on any atom is -0.495 e. The van der Waals surface area contributed by atoms with Gasteiger partial charge in [-0.1, -0.05) is 12.1 Å². The summed E-state index contributed by atoms with van der Waals surface area (Å²) in [5.74, 6) is -0.154. The van der Waals surface area contributed by atoms with Crippen molar-refractivity contribution in [3.05, 3.63) is 53.1 Å². The summed E-state index contributed by atoms with van der Waals surface area (Å²) in [5, 5.41) is 2.79. The Hall–Kier alpha value is -2.58. The van der Waals surface area contributed by atoms with Crippen LogP contribution in [0, 0.1) is 20.8 Å². The molecule has 0 aliphatic rings. The molecule has 0 aliphatic heterocycles. The van der Waals surface area contributed by atoms with Crippen molar-refractivity contribution in [3.63, 3.8) is 0 Å². The monoisotopic (exact) mass is 462 g/mol. The Bertz CT molecular complexity index is 1030. The van der Waals surface area contributed by atoms with E-state index in [1.807, 2.05) is 40.7 Å². The van der Waals surface area contributed by atoms with Gasteiger partial charge >= 0.3 is 0 Å². The maximum atomic E-state index is 13.7. The first-order valence-electron chi connectivity index (χ1n) is 10.7. The molecule has 1 N–H and O–H groups in total. The number of hydrogen-bond donors (Lipinski definition) is 1. The number of anilines is 1. The average Bonchev–Trinajstić information content (AvgIpc) is 2.73. The number of hydrogen-bond acceptors (Lipinski definition) is 5. The average molecular weight is 463 g/mol. The highest BCUT2D eigenvalue weighted by molar-refractivity contribution is 7.93. The number of ether oxygens (including phenoxy) is 2. The largest absolute Gasteiger partial charge is 0.495 e. The number of nitrogens with one attached hydrogen (secondary N) is 1. The van der Waals surface area contributed by atoms with Crippen LogP contribution in [0.4, 0.5) is 5.69 Å². The second kappa shape index (κ2) is 11.3. The zero-order valence-electron chi connectivity index (χ0n) is 19.8. The van der Waals surface area contributed by atoms with E-state index in [2.05, 4.69) is 5.32 Å². The molecule has 1 amide bonds. The molecular weight excluding hydrogens is 428 g/mol. The molecule has 2 aromatic rings. The predicted octanol–water partition coefficient (Wildman–Crippen LogP) is 3.75. The van der Waals surface area contributed by atoms with E-state index in [1.165, 1.54) is 7.11 Å². The van der Waals surface area contributed by atoms with Gasteiger partial charge in [0.05, 0.1) is 18.9 Å². The van der Waals surface area contributed by atoms with Crippen LogP contribution in [0.3, 0.4) is 0 Å². The van der Waals surface area contributed by atoms with Crippen LogP contribution in [0.1, 0.15) is 37.0 Å². The summed E-state index contributed by atoms with van der Waals surface area (Å²) in [6, 6.07) is 10.3. The van der Waals surface area contributed by atoms with Crippen molar-refractivity contribution in [1.82, 2.24) is 5.32 Å². The lowest BCUT2D eigenvalue weighted by Crippen LogP contribution is -2.41. The highest BCUT2D eigenvalue weighted by Gasteiger charge is 2.30. The Balaban J connectivity index is 2.34. The fraction of sp³-hybridized carbons (Fsp3) is 0.458. The van der Waals surface area contributed by atoms with Crippen LogP contribution in [-0.4, -0.2) is 47.2 Å². The van der Waals surface area contributed by atoms with Crippen LogP contribution >= 0.6 is 0 Å². The molecule has 0 spiro atoms. The normalized spacial score (nSPS) is 11.5. The molecule has 32 heavy (non-hydrogen) atoms. The molecule has 0 atom stereocenters. The summed E-state index contributed by atoms with van der Waals surface area (Å²) in [4.78, 5) is 12.7. The molecule has 0 bridgehead atoms. The summed E-state index contributed by atoms with van der Waals surface area (Å²) in [7, 11) is -2.64. The number of aryl methyl sites for hydroxylation is 3. The summed E-state index contributed by atoms with van der Waals surface area (Å²) in [5.41, 5.74) is 3.17. The van der Waals surface area contributed by atoms with Gasteiger partial charge in [0.25, 0.3) is 10.0 Å². The van der Waals surface area contributed by atoms with E-state index in [1.54, 1.807) is 30.3 Å². The van der Waals surface area contributed by atoms with Gasteiger partial charge < -0.3 is 14.8 Å². The van der Waals surface area contributed by atoms with Crippen molar-refractivity contribution in [1.29, 1.82) is 0 Å². The van der Waals surface area contributed by atoms with Crippen LogP contribution in [0.2, 0.25) is 0 Å². The quantitative estimate of drug-likeness (QED) is 0.514. The van der Waals surface area contributed by atoms with E-state index >= 15 is 0 Å². The number of amides is 1. The van der Waals surface area contributed by atoms with Gasteiger partial charge in [0.1, 0.15) is 17.2 Å². The Morgan fingerprint density at radius 2 is 1.78 bits per heavy atom. The third-order valence-electron chi connectivity index (χ3n) is 5.05. The lowest BCUT2D eigenvalue weighted by atomic mass is 10.1. The molecule has 7 nitrogen and oxygen atoms in total. The fourth-order valence-corrected chi connectivity index (χ4v) is 4.76. The van der Waals surface area contributed by atoms with E-state index in [0.29, 0.717) is 25.3 Å². The summed E-state index contributed by atoms with van der Waals surface area (Å²) < 4.78 is 39.3. The SMILES string of the molecule is COc1ccc(C)cc1S(=O)(=O)N(CC(=O)NCCCOC(C)C)c1ccc(C)c(C)c1. The zero-order chi connectivity index (χ0) is 23.9. The van der Waals surface area contributed by atoms with E-state index in [0.717, 1.165) is 21.0 Å². The smallest absolute Gasteiger partial charge is 0.268 e. The lowest BCUT2D eigenvalue weighted by molar-refractivity contribution is -0.119. The van der Waals surface area contributed by atoms with Gasteiger partial charge in [-0.3, -0.25) is 9.10 Å². The van der Waals surface area contributed by atoms with Crippen LogP contribution in [0.25, 0.3) is 0 Å². The maximum Gasteiger partial charge on any atom is 0.268 e. The number of methoxy groups -OCH3 is 1. The summed E-state index contributed by atoms with van der Waals surface area (Å²) >= 11 is 0. The summed E-state index contributed by atoms with van der Waals surface area (Å²) in [6.45, 7) is 10.2. The molecule has 0 heterocycles. The number of carbonyl (C=O) groups is 1. The van der Waals surface area contributed by atoms with Gasteiger partial charge in [-0.25, -0.2) is 8.42 Å². The van der Waals surface area contributed by atoms with Gasteiger partial charge in [0, 0.05) is 13.2 Å². The fourth-order valence-electron chi connectivity index (χ4n) is 3.11. The first-order valence-corrected chi connectivity index (χ1v) is 12.1. The van der Waals surface area contributed by atoms with Crippen molar-refractivity contribution in [2.24, 2.45) is 0 Å². The molecule has 0 saturated heterocycles.